The highest BCUT2D eigenvalue weighted by Crippen LogP contribution is 2.32. The van der Waals surface area contributed by atoms with Crippen LogP contribution >= 0.6 is 0 Å². The summed E-state index contributed by atoms with van der Waals surface area (Å²) < 4.78 is 34.1. The topological polar surface area (TPSA) is 127 Å². The summed E-state index contributed by atoms with van der Waals surface area (Å²) in [6, 6.07) is 0.589. The highest BCUT2D eigenvalue weighted by atomic mass is 16.7. The Balaban J connectivity index is 2.25. The quantitative estimate of drug-likeness (QED) is 0.196. The monoisotopic (exact) mass is 462 g/mol. The van der Waals surface area contributed by atoms with Gasteiger partial charge in [0.25, 0.3) is 0 Å². The molecule has 1 saturated carbocycles. The maximum atomic E-state index is 11.8. The lowest BCUT2D eigenvalue weighted by molar-refractivity contribution is -0.901. The molecule has 1 aliphatic heterocycles. The van der Waals surface area contributed by atoms with Crippen LogP contribution in [0.5, 0.6) is 0 Å². The number of aliphatic hydroxyl groups excluding tert-OH is 1. The number of nitrogens with zero attached hydrogens (tertiary/aromatic N) is 1. The van der Waals surface area contributed by atoms with Gasteiger partial charge in [-0.3, -0.25) is 14.4 Å². The third-order valence-corrected chi connectivity index (χ3v) is 5.49. The number of likely N-dealkylation sites (N-methyl/N-ethyl adjacent to an activating group) is 1. The third-order valence-electron chi connectivity index (χ3n) is 5.49. The van der Waals surface area contributed by atoms with Gasteiger partial charge in [-0.05, 0) is 6.92 Å². The Bertz CT molecular complexity index is 663. The molecule has 1 unspecified atom stereocenters. The van der Waals surface area contributed by atoms with E-state index in [0.717, 1.165) is 4.48 Å². The van der Waals surface area contributed by atoms with E-state index in [0.29, 0.717) is 19.2 Å². The lowest BCUT2D eigenvalue weighted by atomic mass is 9.98. The van der Waals surface area contributed by atoms with Gasteiger partial charge in [0.05, 0.1) is 26.7 Å². The maximum Gasteiger partial charge on any atom is 0.303 e. The Kier molecular flexibility index (Phi) is 9.40. The number of ether oxygens (including phenoxy) is 6. The van der Waals surface area contributed by atoms with Crippen LogP contribution in [-0.2, 0) is 42.8 Å². The minimum Gasteiger partial charge on any atom is -0.463 e. The van der Waals surface area contributed by atoms with Gasteiger partial charge in [-0.25, -0.2) is 0 Å². The van der Waals surface area contributed by atoms with Crippen molar-refractivity contribution in [2.75, 3.05) is 33.9 Å². The van der Waals surface area contributed by atoms with Crippen molar-refractivity contribution in [3.63, 3.8) is 0 Å². The fourth-order valence-corrected chi connectivity index (χ4v) is 3.74. The molecule has 2 aliphatic rings. The van der Waals surface area contributed by atoms with E-state index < -0.39 is 54.9 Å². The zero-order valence-electron chi connectivity index (χ0n) is 19.6. The van der Waals surface area contributed by atoms with Crippen molar-refractivity contribution >= 4 is 17.9 Å². The second kappa shape index (κ2) is 11.4. The average molecular weight is 463 g/mol. The lowest BCUT2D eigenvalue weighted by Gasteiger charge is -2.45. The summed E-state index contributed by atoms with van der Waals surface area (Å²) in [6.45, 7) is 5.77. The number of esters is 3. The predicted molar refractivity (Wildman–Crippen MR) is 109 cm³/mol. The van der Waals surface area contributed by atoms with Crippen molar-refractivity contribution < 1.29 is 52.4 Å². The molecule has 11 nitrogen and oxygen atoms in total. The molecule has 1 aliphatic carbocycles. The Morgan fingerprint density at radius 1 is 1.00 bits per heavy atom. The van der Waals surface area contributed by atoms with Gasteiger partial charge in [-0.15, -0.1) is 0 Å². The number of quaternary nitrogens is 1. The Hall–Kier alpha value is -1.79. The van der Waals surface area contributed by atoms with Gasteiger partial charge < -0.3 is 38.0 Å². The molecule has 1 heterocycles. The first kappa shape index (κ1) is 26.5. The number of hydrogen-bond donors (Lipinski definition) is 1. The molecule has 6 atom stereocenters. The van der Waals surface area contributed by atoms with E-state index in [-0.39, 0.29) is 6.61 Å². The molecule has 11 heteroatoms. The number of aliphatic hydroxyl groups is 1. The molecule has 0 aromatic rings. The molecule has 1 saturated heterocycles. The van der Waals surface area contributed by atoms with Crippen molar-refractivity contribution in [3.8, 4) is 0 Å². The Morgan fingerprint density at radius 2 is 1.59 bits per heavy atom. The predicted octanol–water partition coefficient (Wildman–Crippen LogP) is 0.117. The normalized spacial score (nSPS) is 29.2. The second-order valence-corrected chi connectivity index (χ2v) is 8.80. The van der Waals surface area contributed by atoms with Crippen molar-refractivity contribution in [2.24, 2.45) is 0 Å². The zero-order valence-corrected chi connectivity index (χ0v) is 19.6. The highest BCUT2D eigenvalue weighted by Gasteiger charge is 2.52. The molecule has 0 amide bonds. The van der Waals surface area contributed by atoms with Gasteiger partial charge in [0, 0.05) is 33.6 Å². The van der Waals surface area contributed by atoms with Gasteiger partial charge in [-0.2, -0.15) is 0 Å². The largest absolute Gasteiger partial charge is 0.463 e. The minimum atomic E-state index is -1.27. The van der Waals surface area contributed by atoms with Gasteiger partial charge in [-0.1, -0.05) is 0 Å². The first-order valence-corrected chi connectivity index (χ1v) is 10.8. The third kappa shape index (κ3) is 7.96. The van der Waals surface area contributed by atoms with Crippen LogP contribution in [0.1, 0.15) is 40.5 Å². The van der Waals surface area contributed by atoms with E-state index in [1.165, 1.54) is 40.5 Å². The van der Waals surface area contributed by atoms with Crippen LogP contribution in [-0.4, -0.2) is 104 Å². The molecule has 0 aromatic carbocycles. The molecule has 1 N–H and O–H groups in total. The fourth-order valence-electron chi connectivity index (χ4n) is 3.74. The van der Waals surface area contributed by atoms with E-state index in [1.54, 1.807) is 0 Å². The van der Waals surface area contributed by atoms with Crippen LogP contribution in [0.15, 0.2) is 0 Å². The Labute approximate surface area is 188 Å². The van der Waals surface area contributed by atoms with Gasteiger partial charge in [0.2, 0.25) is 0 Å². The van der Waals surface area contributed by atoms with Crippen LogP contribution in [0.25, 0.3) is 0 Å². The van der Waals surface area contributed by atoms with Crippen LogP contribution in [0.2, 0.25) is 0 Å². The van der Waals surface area contributed by atoms with E-state index >= 15 is 0 Å². The van der Waals surface area contributed by atoms with Crippen molar-refractivity contribution in [3.05, 3.63) is 0 Å². The van der Waals surface area contributed by atoms with Gasteiger partial charge in [0.1, 0.15) is 25.4 Å². The number of rotatable bonds is 11. The van der Waals surface area contributed by atoms with E-state index in [9.17, 15) is 19.5 Å². The summed E-state index contributed by atoms with van der Waals surface area (Å²) in [5.41, 5.74) is 0. The first-order valence-electron chi connectivity index (χ1n) is 10.8. The van der Waals surface area contributed by atoms with Crippen molar-refractivity contribution in [1.29, 1.82) is 0 Å². The second-order valence-electron chi connectivity index (χ2n) is 8.80. The van der Waals surface area contributed by atoms with E-state index in [4.69, 9.17) is 28.4 Å². The number of carbonyl (C=O) groups is 3. The lowest BCUT2D eigenvalue weighted by Crippen LogP contribution is -2.63. The SMILES string of the molecule is CC(=O)OC[C@H]1O[C@H](OCC[N+](C)(C)C2CC2)[C@H](OC(C)=O)[C@@H](OC(C)O)[C@@H]1OC(C)=O. The van der Waals surface area contributed by atoms with E-state index in [2.05, 4.69) is 14.1 Å². The molecule has 2 fully saturated rings. The fraction of sp³-hybridized carbons (Fsp3) is 0.857. The maximum absolute atomic E-state index is 11.8. The summed E-state index contributed by atoms with van der Waals surface area (Å²) >= 11 is 0. The minimum absolute atomic E-state index is 0.247. The van der Waals surface area contributed by atoms with Crippen LogP contribution in [0, 0.1) is 0 Å². The molecule has 184 valence electrons. The van der Waals surface area contributed by atoms with Crippen LogP contribution in [0.3, 0.4) is 0 Å². The summed E-state index contributed by atoms with van der Waals surface area (Å²) in [6.07, 6.45) is -4.35. The molecular weight excluding hydrogens is 426 g/mol. The summed E-state index contributed by atoms with van der Waals surface area (Å²) in [7, 11) is 4.23. The number of hydrogen-bond acceptors (Lipinski definition) is 10. The smallest absolute Gasteiger partial charge is 0.303 e. The highest BCUT2D eigenvalue weighted by molar-refractivity contribution is 5.67. The molecule has 0 bridgehead atoms. The standard InChI is InChI=1S/C21H36NO10/c1-12(23)28-11-17-18(29-13(2)24)19(30-14(3)25)20(31-15(4)26)21(32-17)27-10-9-22(5,6)16-7-8-16/h14,16-21,25H,7-11H2,1-6H3/q+1/t14?,17-,18-,19+,20-,21+/m1/s1. The molecule has 0 aromatic heterocycles. The molecule has 32 heavy (non-hydrogen) atoms. The summed E-state index contributed by atoms with van der Waals surface area (Å²) in [4.78, 5) is 34.9. The number of carbonyl (C=O) groups excluding carboxylic acids is 3. The van der Waals surface area contributed by atoms with Gasteiger partial charge >= 0.3 is 17.9 Å². The van der Waals surface area contributed by atoms with Gasteiger partial charge in [0.15, 0.2) is 24.8 Å². The average Bonchev–Trinajstić information content (AvgIpc) is 3.49. The molecular formula is C21H36NO10+. The first-order chi connectivity index (χ1) is 14.9. The Morgan fingerprint density at radius 3 is 2.09 bits per heavy atom. The molecule has 2 rings (SSSR count). The van der Waals surface area contributed by atoms with Crippen molar-refractivity contribution in [1.82, 2.24) is 0 Å². The molecule has 0 radical (unpaired) electrons. The van der Waals surface area contributed by atoms with Crippen LogP contribution < -0.4 is 0 Å². The zero-order chi connectivity index (χ0) is 24.1. The summed E-state index contributed by atoms with van der Waals surface area (Å²) in [5.74, 6) is -1.82. The van der Waals surface area contributed by atoms with Crippen LogP contribution in [0.4, 0.5) is 0 Å². The van der Waals surface area contributed by atoms with Crippen molar-refractivity contribution in [2.45, 2.75) is 83.6 Å². The summed E-state index contributed by atoms with van der Waals surface area (Å²) in [5, 5.41) is 9.88. The van der Waals surface area contributed by atoms with E-state index in [1.807, 2.05) is 0 Å². The molecule has 0 spiro atoms.